The zero-order chi connectivity index (χ0) is 14.8. The van der Waals surface area contributed by atoms with Crippen molar-refractivity contribution in [2.45, 2.75) is 18.8 Å². The van der Waals surface area contributed by atoms with Crippen LogP contribution < -0.4 is 4.90 Å². The fourth-order valence-electron chi connectivity index (χ4n) is 2.99. The van der Waals surface area contributed by atoms with Gasteiger partial charge in [0.2, 0.25) is 0 Å². The summed E-state index contributed by atoms with van der Waals surface area (Å²) in [6.07, 6.45) is 5.98. The number of piperidine rings is 1. The first-order chi connectivity index (χ1) is 10.1. The average Bonchev–Trinajstić information content (AvgIpc) is 2.94. The molecule has 0 spiro atoms. The standard InChI is InChI=1S/C15H18N4O2/c1-17-11-13(10-16-17)12-6-8-18(9-7-12)14-4-2-3-5-15(14)19(20)21/h2-5,10-12H,6-9H2,1H3. The molecule has 1 aromatic carbocycles. The number of nitro benzene ring substituents is 1. The van der Waals surface area contributed by atoms with Crippen molar-refractivity contribution in [3.05, 3.63) is 52.3 Å². The normalized spacial score (nSPS) is 16.1. The molecule has 0 saturated carbocycles. The Morgan fingerprint density at radius 1 is 1.29 bits per heavy atom. The Hall–Kier alpha value is -2.37. The minimum Gasteiger partial charge on any atom is -0.366 e. The number of hydrogen-bond donors (Lipinski definition) is 0. The van der Waals surface area contributed by atoms with Gasteiger partial charge in [0.15, 0.2) is 0 Å². The zero-order valence-corrected chi connectivity index (χ0v) is 12.0. The molecule has 1 aliphatic rings. The van der Waals surface area contributed by atoms with Crippen LogP contribution in [0, 0.1) is 10.1 Å². The molecular formula is C15H18N4O2. The molecule has 0 atom stereocenters. The summed E-state index contributed by atoms with van der Waals surface area (Å²) in [4.78, 5) is 12.9. The molecule has 6 nitrogen and oxygen atoms in total. The van der Waals surface area contributed by atoms with Crippen LogP contribution in [0.4, 0.5) is 11.4 Å². The second kappa shape index (κ2) is 5.55. The van der Waals surface area contributed by atoms with E-state index >= 15 is 0 Å². The van der Waals surface area contributed by atoms with Gasteiger partial charge in [-0.15, -0.1) is 0 Å². The molecule has 21 heavy (non-hydrogen) atoms. The average molecular weight is 286 g/mol. The van der Waals surface area contributed by atoms with Gasteiger partial charge in [-0.3, -0.25) is 14.8 Å². The van der Waals surface area contributed by atoms with Gasteiger partial charge >= 0.3 is 0 Å². The topological polar surface area (TPSA) is 64.2 Å². The molecule has 1 fully saturated rings. The van der Waals surface area contributed by atoms with E-state index in [2.05, 4.69) is 16.2 Å². The van der Waals surface area contributed by atoms with E-state index in [4.69, 9.17) is 0 Å². The minimum absolute atomic E-state index is 0.192. The quantitative estimate of drug-likeness (QED) is 0.643. The van der Waals surface area contributed by atoms with Gasteiger partial charge in [-0.1, -0.05) is 12.1 Å². The van der Waals surface area contributed by atoms with Crippen molar-refractivity contribution < 1.29 is 4.92 Å². The van der Waals surface area contributed by atoms with E-state index in [1.165, 1.54) is 5.56 Å². The van der Waals surface area contributed by atoms with Crippen LogP contribution in [0.1, 0.15) is 24.3 Å². The fraction of sp³-hybridized carbons (Fsp3) is 0.400. The second-order valence-corrected chi connectivity index (χ2v) is 5.45. The summed E-state index contributed by atoms with van der Waals surface area (Å²) in [6, 6.07) is 6.98. The number of hydrogen-bond acceptors (Lipinski definition) is 4. The molecule has 1 aliphatic heterocycles. The number of para-hydroxylation sites is 2. The molecule has 0 radical (unpaired) electrons. The van der Waals surface area contributed by atoms with Gasteiger partial charge in [0.05, 0.1) is 11.1 Å². The highest BCUT2D eigenvalue weighted by Gasteiger charge is 2.25. The monoisotopic (exact) mass is 286 g/mol. The van der Waals surface area contributed by atoms with Gasteiger partial charge in [0, 0.05) is 32.4 Å². The van der Waals surface area contributed by atoms with Gasteiger partial charge in [0.1, 0.15) is 5.69 Å². The lowest BCUT2D eigenvalue weighted by atomic mass is 9.91. The van der Waals surface area contributed by atoms with Crippen LogP contribution in [0.15, 0.2) is 36.7 Å². The Bertz CT molecular complexity index is 645. The Morgan fingerprint density at radius 3 is 2.62 bits per heavy atom. The molecular weight excluding hydrogens is 268 g/mol. The third kappa shape index (κ3) is 2.74. The van der Waals surface area contributed by atoms with Crippen molar-refractivity contribution >= 4 is 11.4 Å². The number of anilines is 1. The summed E-state index contributed by atoms with van der Waals surface area (Å²) in [5, 5.41) is 15.3. The third-order valence-corrected chi connectivity index (χ3v) is 4.11. The lowest BCUT2D eigenvalue weighted by Gasteiger charge is -2.32. The molecule has 1 saturated heterocycles. The van der Waals surface area contributed by atoms with Gasteiger partial charge in [-0.25, -0.2) is 0 Å². The van der Waals surface area contributed by atoms with Crippen LogP contribution in [-0.2, 0) is 7.05 Å². The van der Waals surface area contributed by atoms with Crippen molar-refractivity contribution in [2.75, 3.05) is 18.0 Å². The molecule has 0 N–H and O–H groups in total. The second-order valence-electron chi connectivity index (χ2n) is 5.45. The summed E-state index contributed by atoms with van der Waals surface area (Å²) >= 11 is 0. The van der Waals surface area contributed by atoms with Crippen molar-refractivity contribution in [2.24, 2.45) is 7.05 Å². The fourth-order valence-corrected chi connectivity index (χ4v) is 2.99. The summed E-state index contributed by atoms with van der Waals surface area (Å²) in [5.41, 5.74) is 2.18. The molecule has 0 aliphatic carbocycles. The largest absolute Gasteiger partial charge is 0.366 e. The maximum Gasteiger partial charge on any atom is 0.292 e. The number of rotatable bonds is 3. The van der Waals surface area contributed by atoms with E-state index in [0.29, 0.717) is 5.92 Å². The van der Waals surface area contributed by atoms with Crippen molar-refractivity contribution in [1.82, 2.24) is 9.78 Å². The Kier molecular flexibility index (Phi) is 3.60. The van der Waals surface area contributed by atoms with Gasteiger partial charge in [-0.05, 0) is 30.4 Å². The zero-order valence-electron chi connectivity index (χ0n) is 12.0. The first-order valence-electron chi connectivity index (χ1n) is 7.12. The summed E-state index contributed by atoms with van der Waals surface area (Å²) in [5.74, 6) is 0.498. The molecule has 6 heteroatoms. The lowest BCUT2D eigenvalue weighted by molar-refractivity contribution is -0.384. The van der Waals surface area contributed by atoms with Crippen molar-refractivity contribution in [3.8, 4) is 0 Å². The van der Waals surface area contributed by atoms with Crippen LogP contribution in [0.2, 0.25) is 0 Å². The first-order valence-corrected chi connectivity index (χ1v) is 7.12. The van der Waals surface area contributed by atoms with E-state index in [-0.39, 0.29) is 10.6 Å². The maximum absolute atomic E-state index is 11.1. The molecule has 3 rings (SSSR count). The van der Waals surface area contributed by atoms with Crippen LogP contribution in [0.5, 0.6) is 0 Å². The van der Waals surface area contributed by atoms with Crippen molar-refractivity contribution in [3.63, 3.8) is 0 Å². The van der Waals surface area contributed by atoms with Gasteiger partial charge < -0.3 is 4.90 Å². The maximum atomic E-state index is 11.1. The number of nitrogens with zero attached hydrogens (tertiary/aromatic N) is 4. The molecule has 0 unspecified atom stereocenters. The Labute approximate surface area is 123 Å². The SMILES string of the molecule is Cn1cc(C2CCN(c3ccccc3[N+](=O)[O-])CC2)cn1. The van der Waals surface area contributed by atoms with Crippen LogP contribution in [-0.4, -0.2) is 27.8 Å². The number of nitro groups is 1. The van der Waals surface area contributed by atoms with Crippen LogP contribution in [0.25, 0.3) is 0 Å². The van der Waals surface area contributed by atoms with Crippen LogP contribution >= 0.6 is 0 Å². The summed E-state index contributed by atoms with van der Waals surface area (Å²) in [6.45, 7) is 1.68. The number of aryl methyl sites for hydroxylation is 1. The minimum atomic E-state index is -0.303. The van der Waals surface area contributed by atoms with E-state index in [9.17, 15) is 10.1 Å². The van der Waals surface area contributed by atoms with E-state index in [0.717, 1.165) is 31.6 Å². The molecule has 0 bridgehead atoms. The predicted molar refractivity (Wildman–Crippen MR) is 80.5 cm³/mol. The van der Waals surface area contributed by atoms with Gasteiger partial charge in [0.25, 0.3) is 5.69 Å². The van der Waals surface area contributed by atoms with E-state index in [1.54, 1.807) is 12.1 Å². The molecule has 1 aromatic heterocycles. The highest BCUT2D eigenvalue weighted by Crippen LogP contribution is 2.34. The van der Waals surface area contributed by atoms with E-state index in [1.807, 2.05) is 30.1 Å². The van der Waals surface area contributed by atoms with Crippen molar-refractivity contribution in [1.29, 1.82) is 0 Å². The predicted octanol–water partition coefficient (Wildman–Crippen LogP) is 2.71. The Balaban J connectivity index is 1.73. The highest BCUT2D eigenvalue weighted by molar-refractivity contribution is 5.63. The number of benzene rings is 1. The number of aromatic nitrogens is 2. The third-order valence-electron chi connectivity index (χ3n) is 4.11. The molecule has 0 amide bonds. The molecule has 2 aromatic rings. The lowest BCUT2D eigenvalue weighted by Crippen LogP contribution is -2.33. The smallest absolute Gasteiger partial charge is 0.292 e. The highest BCUT2D eigenvalue weighted by atomic mass is 16.6. The molecule has 110 valence electrons. The van der Waals surface area contributed by atoms with E-state index < -0.39 is 0 Å². The first kappa shape index (κ1) is 13.6. The molecule has 2 heterocycles. The summed E-state index contributed by atoms with van der Waals surface area (Å²) < 4.78 is 1.82. The van der Waals surface area contributed by atoms with Gasteiger partial charge in [-0.2, -0.15) is 5.10 Å². The van der Waals surface area contributed by atoms with Crippen LogP contribution in [0.3, 0.4) is 0 Å². The summed E-state index contributed by atoms with van der Waals surface area (Å²) in [7, 11) is 1.92. The Morgan fingerprint density at radius 2 is 2.00 bits per heavy atom.